The first-order valence-corrected chi connectivity index (χ1v) is 8.32. The minimum Gasteiger partial charge on any atom is -0.494 e. The maximum Gasteiger partial charge on any atom is 0.123 e. The second-order valence-corrected chi connectivity index (χ2v) is 5.46. The second-order valence-electron chi connectivity index (χ2n) is 5.46. The van der Waals surface area contributed by atoms with Crippen molar-refractivity contribution in [2.24, 2.45) is 0 Å². The van der Waals surface area contributed by atoms with E-state index in [1.165, 1.54) is 11.1 Å². The summed E-state index contributed by atoms with van der Waals surface area (Å²) >= 11 is 0. The molecule has 0 aromatic heterocycles. The molecule has 0 aliphatic carbocycles. The van der Waals surface area contributed by atoms with Gasteiger partial charge in [0.05, 0.1) is 19.8 Å². The van der Waals surface area contributed by atoms with Crippen LogP contribution in [-0.4, -0.2) is 33.0 Å². The third kappa shape index (κ3) is 6.13. The molecule has 0 saturated heterocycles. The van der Waals surface area contributed by atoms with Gasteiger partial charge in [0.25, 0.3) is 0 Å². The van der Waals surface area contributed by atoms with Crippen molar-refractivity contribution in [1.29, 1.82) is 0 Å². The van der Waals surface area contributed by atoms with Gasteiger partial charge in [-0.2, -0.15) is 0 Å². The minimum atomic E-state index is 0.499. The van der Waals surface area contributed by atoms with E-state index in [4.69, 9.17) is 18.9 Å². The van der Waals surface area contributed by atoms with E-state index < -0.39 is 0 Å². The highest BCUT2D eigenvalue weighted by atomic mass is 16.5. The van der Waals surface area contributed by atoms with E-state index in [0.29, 0.717) is 33.0 Å². The Bertz CT molecular complexity index is 625. The Balaban J connectivity index is 1.58. The molecule has 24 heavy (non-hydrogen) atoms. The van der Waals surface area contributed by atoms with Gasteiger partial charge < -0.3 is 18.9 Å². The smallest absolute Gasteiger partial charge is 0.123 e. The average Bonchev–Trinajstić information content (AvgIpc) is 2.58. The largest absolute Gasteiger partial charge is 0.494 e. The molecule has 0 bridgehead atoms. The van der Waals surface area contributed by atoms with Crippen LogP contribution in [0.25, 0.3) is 0 Å². The Labute approximate surface area is 144 Å². The van der Waals surface area contributed by atoms with Crippen LogP contribution < -0.4 is 14.2 Å². The lowest BCUT2D eigenvalue weighted by molar-refractivity contribution is 0.0763. The summed E-state index contributed by atoms with van der Waals surface area (Å²) in [6.45, 7) is 8.86. The molecular formula is C20H26O4. The topological polar surface area (TPSA) is 36.9 Å². The van der Waals surface area contributed by atoms with Crippen molar-refractivity contribution in [2.75, 3.05) is 33.0 Å². The van der Waals surface area contributed by atoms with E-state index in [1.807, 2.05) is 43.3 Å². The first-order valence-electron chi connectivity index (χ1n) is 8.32. The number of rotatable bonds is 10. The lowest BCUT2D eigenvalue weighted by atomic mass is 10.1. The van der Waals surface area contributed by atoms with Gasteiger partial charge in [-0.3, -0.25) is 0 Å². The third-order valence-electron chi connectivity index (χ3n) is 3.59. The van der Waals surface area contributed by atoms with Crippen molar-refractivity contribution >= 4 is 0 Å². The maximum absolute atomic E-state index is 5.67. The van der Waals surface area contributed by atoms with Crippen LogP contribution in [0, 0.1) is 13.8 Å². The van der Waals surface area contributed by atoms with Crippen molar-refractivity contribution in [3.05, 3.63) is 53.6 Å². The van der Waals surface area contributed by atoms with Crippen molar-refractivity contribution in [2.45, 2.75) is 20.8 Å². The van der Waals surface area contributed by atoms with Crippen LogP contribution in [0.5, 0.6) is 17.2 Å². The lowest BCUT2D eigenvalue weighted by Gasteiger charge is -2.10. The number of hydrogen-bond acceptors (Lipinski definition) is 4. The molecule has 0 unspecified atom stereocenters. The molecule has 0 spiro atoms. The van der Waals surface area contributed by atoms with Crippen LogP contribution in [0.15, 0.2) is 42.5 Å². The Morgan fingerprint density at radius 1 is 0.667 bits per heavy atom. The molecule has 0 aliphatic rings. The molecule has 0 fully saturated rings. The fraction of sp³-hybridized carbons (Fsp3) is 0.400. The van der Waals surface area contributed by atoms with Gasteiger partial charge in [0.15, 0.2) is 0 Å². The summed E-state index contributed by atoms with van der Waals surface area (Å²) in [7, 11) is 0. The van der Waals surface area contributed by atoms with E-state index in [0.717, 1.165) is 17.2 Å². The average molecular weight is 330 g/mol. The fourth-order valence-electron chi connectivity index (χ4n) is 2.16. The Hall–Kier alpha value is -2.20. The van der Waals surface area contributed by atoms with Crippen molar-refractivity contribution in [3.63, 3.8) is 0 Å². The summed E-state index contributed by atoms with van der Waals surface area (Å²) < 4.78 is 22.3. The summed E-state index contributed by atoms with van der Waals surface area (Å²) in [6.07, 6.45) is 0. The molecule has 0 atom stereocenters. The minimum absolute atomic E-state index is 0.499. The zero-order valence-corrected chi connectivity index (χ0v) is 14.7. The number of benzene rings is 2. The van der Waals surface area contributed by atoms with Crippen LogP contribution in [0.4, 0.5) is 0 Å². The van der Waals surface area contributed by atoms with Gasteiger partial charge in [-0.15, -0.1) is 0 Å². The van der Waals surface area contributed by atoms with Crippen LogP contribution >= 0.6 is 0 Å². The first kappa shape index (κ1) is 18.1. The van der Waals surface area contributed by atoms with Crippen molar-refractivity contribution in [1.82, 2.24) is 0 Å². The standard InChI is InChI=1S/C20H26O4/c1-4-22-18-6-5-7-19(15-18)23-12-10-21-11-13-24-20-9-8-16(2)17(3)14-20/h5-9,14-15H,4,10-13H2,1-3H3. The van der Waals surface area contributed by atoms with Crippen molar-refractivity contribution in [3.8, 4) is 17.2 Å². The first-order chi connectivity index (χ1) is 11.7. The molecule has 4 heteroatoms. The van der Waals surface area contributed by atoms with E-state index in [9.17, 15) is 0 Å². The summed E-state index contributed by atoms with van der Waals surface area (Å²) in [6, 6.07) is 13.7. The molecule has 2 aromatic rings. The van der Waals surface area contributed by atoms with E-state index in [1.54, 1.807) is 0 Å². The molecule has 2 aromatic carbocycles. The molecule has 0 saturated carbocycles. The molecule has 2 rings (SSSR count). The Morgan fingerprint density at radius 2 is 1.29 bits per heavy atom. The van der Waals surface area contributed by atoms with Gasteiger partial charge in [-0.1, -0.05) is 12.1 Å². The van der Waals surface area contributed by atoms with E-state index >= 15 is 0 Å². The van der Waals surface area contributed by atoms with Crippen LogP contribution in [0.2, 0.25) is 0 Å². The summed E-state index contributed by atoms with van der Waals surface area (Å²) in [5, 5.41) is 0. The highest BCUT2D eigenvalue weighted by Crippen LogP contribution is 2.19. The van der Waals surface area contributed by atoms with Crippen LogP contribution in [-0.2, 0) is 4.74 Å². The highest BCUT2D eigenvalue weighted by molar-refractivity contribution is 5.34. The van der Waals surface area contributed by atoms with Gasteiger partial charge in [-0.05, 0) is 56.2 Å². The Morgan fingerprint density at radius 3 is 1.92 bits per heavy atom. The number of aryl methyl sites for hydroxylation is 2. The van der Waals surface area contributed by atoms with Gasteiger partial charge in [0.1, 0.15) is 30.5 Å². The maximum atomic E-state index is 5.67. The fourth-order valence-corrected chi connectivity index (χ4v) is 2.16. The monoisotopic (exact) mass is 330 g/mol. The quantitative estimate of drug-likeness (QED) is 0.613. The van der Waals surface area contributed by atoms with Crippen LogP contribution in [0.1, 0.15) is 18.1 Å². The van der Waals surface area contributed by atoms with Crippen molar-refractivity contribution < 1.29 is 18.9 Å². The summed E-state index contributed by atoms with van der Waals surface area (Å²) in [5.74, 6) is 2.49. The normalized spacial score (nSPS) is 10.5. The highest BCUT2D eigenvalue weighted by Gasteiger charge is 1.99. The second kappa shape index (κ2) is 9.83. The van der Waals surface area contributed by atoms with Gasteiger partial charge in [-0.25, -0.2) is 0 Å². The Kier molecular flexibility index (Phi) is 7.43. The molecule has 0 heterocycles. The van der Waals surface area contributed by atoms with Gasteiger partial charge in [0, 0.05) is 6.07 Å². The molecule has 4 nitrogen and oxygen atoms in total. The molecule has 0 radical (unpaired) electrons. The molecular weight excluding hydrogens is 304 g/mol. The van der Waals surface area contributed by atoms with E-state index in [2.05, 4.69) is 19.9 Å². The van der Waals surface area contributed by atoms with Gasteiger partial charge in [0.2, 0.25) is 0 Å². The SMILES string of the molecule is CCOc1cccc(OCCOCCOc2ccc(C)c(C)c2)c1. The number of hydrogen-bond donors (Lipinski definition) is 0. The lowest BCUT2D eigenvalue weighted by Crippen LogP contribution is -2.12. The molecule has 0 amide bonds. The predicted octanol–water partition coefficient (Wildman–Crippen LogP) is 4.18. The predicted molar refractivity (Wildman–Crippen MR) is 95.3 cm³/mol. The molecule has 0 aliphatic heterocycles. The summed E-state index contributed by atoms with van der Waals surface area (Å²) in [4.78, 5) is 0. The molecule has 130 valence electrons. The number of ether oxygens (including phenoxy) is 4. The van der Waals surface area contributed by atoms with Crippen LogP contribution in [0.3, 0.4) is 0 Å². The third-order valence-corrected chi connectivity index (χ3v) is 3.59. The zero-order chi connectivity index (χ0) is 17.2. The zero-order valence-electron chi connectivity index (χ0n) is 14.7. The van der Waals surface area contributed by atoms with Gasteiger partial charge >= 0.3 is 0 Å². The molecule has 0 N–H and O–H groups in total. The van der Waals surface area contributed by atoms with E-state index in [-0.39, 0.29) is 0 Å². The summed E-state index contributed by atoms with van der Waals surface area (Å²) in [5.41, 5.74) is 2.50.